The Morgan fingerprint density at radius 3 is 2.26 bits per heavy atom. The van der Waals surface area contributed by atoms with Crippen LogP contribution in [-0.2, 0) is 6.61 Å². The number of benzene rings is 2. The van der Waals surface area contributed by atoms with E-state index >= 15 is 0 Å². The van der Waals surface area contributed by atoms with Crippen molar-refractivity contribution in [3.05, 3.63) is 77.2 Å². The molecule has 1 saturated heterocycles. The summed E-state index contributed by atoms with van der Waals surface area (Å²) in [4.78, 5) is 29.9. The van der Waals surface area contributed by atoms with Gasteiger partial charge in [0.2, 0.25) is 0 Å². The highest BCUT2D eigenvalue weighted by Crippen LogP contribution is 2.37. The van der Waals surface area contributed by atoms with Crippen LogP contribution in [0.15, 0.2) is 66.7 Å². The molecule has 0 bridgehead atoms. The molecule has 31 heavy (non-hydrogen) atoms. The summed E-state index contributed by atoms with van der Waals surface area (Å²) in [5.74, 6) is 0.523. The molecule has 6 nitrogen and oxygen atoms in total. The van der Waals surface area contributed by atoms with Gasteiger partial charge in [0.1, 0.15) is 17.2 Å². The van der Waals surface area contributed by atoms with Gasteiger partial charge in [0.25, 0.3) is 5.91 Å². The summed E-state index contributed by atoms with van der Waals surface area (Å²) in [6.07, 6.45) is 0.700. The second-order valence-corrected chi connectivity index (χ2v) is 8.47. The third-order valence-electron chi connectivity index (χ3n) is 5.28. The molecular formula is C24H25N3O3S. The molecule has 2 aromatic carbocycles. The molecule has 1 aliphatic rings. The summed E-state index contributed by atoms with van der Waals surface area (Å²) in [7, 11) is 0. The number of carbonyl (C=O) groups excluding carboxylic acids is 2. The molecule has 3 aromatic rings. The molecule has 3 amide bonds. The van der Waals surface area contributed by atoms with Crippen molar-refractivity contribution in [3.8, 4) is 16.2 Å². The maximum absolute atomic E-state index is 13.4. The number of amides is 3. The number of thiophene rings is 1. The van der Waals surface area contributed by atoms with E-state index in [9.17, 15) is 9.59 Å². The Morgan fingerprint density at radius 2 is 1.55 bits per heavy atom. The zero-order chi connectivity index (χ0) is 21.6. The van der Waals surface area contributed by atoms with Crippen molar-refractivity contribution in [1.29, 1.82) is 0 Å². The number of urea groups is 1. The number of rotatable bonds is 5. The molecule has 0 atom stereocenters. The Balaban J connectivity index is 1.59. The van der Waals surface area contributed by atoms with Crippen LogP contribution in [0.25, 0.3) is 10.4 Å². The largest absolute Gasteiger partial charge is 0.487 e. The van der Waals surface area contributed by atoms with E-state index in [2.05, 4.69) is 0 Å². The summed E-state index contributed by atoms with van der Waals surface area (Å²) >= 11 is 1.44. The summed E-state index contributed by atoms with van der Waals surface area (Å²) < 4.78 is 6.11. The fourth-order valence-corrected chi connectivity index (χ4v) is 4.67. The normalized spacial score (nSPS) is 14.2. The van der Waals surface area contributed by atoms with Crippen LogP contribution in [0, 0.1) is 0 Å². The predicted molar refractivity (Wildman–Crippen MR) is 122 cm³/mol. The van der Waals surface area contributed by atoms with Crippen LogP contribution in [-0.4, -0.2) is 47.9 Å². The number of hydrogen-bond acceptors (Lipinski definition) is 4. The number of nitrogens with two attached hydrogens (primary N) is 1. The lowest BCUT2D eigenvalue weighted by Gasteiger charge is -2.21. The van der Waals surface area contributed by atoms with Gasteiger partial charge in [-0.15, -0.1) is 11.3 Å². The Morgan fingerprint density at radius 1 is 0.903 bits per heavy atom. The van der Waals surface area contributed by atoms with Gasteiger partial charge < -0.3 is 20.3 Å². The number of primary amides is 1. The lowest BCUT2D eigenvalue weighted by molar-refractivity contribution is 0.0763. The molecule has 0 aliphatic carbocycles. The Kier molecular flexibility index (Phi) is 6.52. The third kappa shape index (κ3) is 5.06. The second-order valence-electron chi connectivity index (χ2n) is 7.42. The number of ether oxygens (including phenoxy) is 1. The highest BCUT2D eigenvalue weighted by molar-refractivity contribution is 7.17. The molecule has 0 unspecified atom stereocenters. The minimum absolute atomic E-state index is 0.0680. The zero-order valence-electron chi connectivity index (χ0n) is 17.2. The van der Waals surface area contributed by atoms with Gasteiger partial charge in [-0.2, -0.15) is 0 Å². The Labute approximate surface area is 185 Å². The molecule has 1 fully saturated rings. The van der Waals surface area contributed by atoms with Gasteiger partial charge in [0.15, 0.2) is 0 Å². The van der Waals surface area contributed by atoms with E-state index in [-0.39, 0.29) is 5.91 Å². The van der Waals surface area contributed by atoms with Crippen LogP contribution in [0.4, 0.5) is 4.79 Å². The monoisotopic (exact) mass is 435 g/mol. The van der Waals surface area contributed by atoms with Crippen LogP contribution >= 0.6 is 11.3 Å². The molecule has 7 heteroatoms. The molecule has 160 valence electrons. The molecule has 0 spiro atoms. The van der Waals surface area contributed by atoms with Crippen molar-refractivity contribution in [1.82, 2.24) is 9.80 Å². The maximum Gasteiger partial charge on any atom is 0.314 e. The third-order valence-corrected chi connectivity index (χ3v) is 6.44. The minimum Gasteiger partial charge on any atom is -0.487 e. The van der Waals surface area contributed by atoms with Crippen molar-refractivity contribution in [2.45, 2.75) is 13.0 Å². The van der Waals surface area contributed by atoms with Crippen molar-refractivity contribution in [3.63, 3.8) is 0 Å². The van der Waals surface area contributed by atoms with Gasteiger partial charge in [0.05, 0.1) is 0 Å². The molecule has 2 heterocycles. The topological polar surface area (TPSA) is 75.9 Å². The average molecular weight is 436 g/mol. The second kappa shape index (κ2) is 9.66. The van der Waals surface area contributed by atoms with E-state index in [1.54, 1.807) is 9.80 Å². The first-order valence-electron chi connectivity index (χ1n) is 10.3. The van der Waals surface area contributed by atoms with E-state index in [0.717, 1.165) is 16.0 Å². The van der Waals surface area contributed by atoms with Crippen LogP contribution < -0.4 is 10.5 Å². The van der Waals surface area contributed by atoms with Gasteiger partial charge in [-0.05, 0) is 23.6 Å². The smallest absolute Gasteiger partial charge is 0.314 e. The quantitative estimate of drug-likeness (QED) is 0.652. The van der Waals surface area contributed by atoms with E-state index < -0.39 is 6.03 Å². The van der Waals surface area contributed by atoms with Crippen LogP contribution in [0.1, 0.15) is 21.7 Å². The molecule has 1 aromatic heterocycles. The summed E-state index contributed by atoms with van der Waals surface area (Å²) in [6, 6.07) is 21.4. The summed E-state index contributed by atoms with van der Waals surface area (Å²) in [5.41, 5.74) is 7.51. The average Bonchev–Trinajstić information content (AvgIpc) is 3.07. The lowest BCUT2D eigenvalue weighted by atomic mass is 10.2. The summed E-state index contributed by atoms with van der Waals surface area (Å²) in [5, 5.41) is 0. The van der Waals surface area contributed by atoms with Gasteiger partial charge >= 0.3 is 6.03 Å². The van der Waals surface area contributed by atoms with Crippen molar-refractivity contribution < 1.29 is 14.3 Å². The zero-order valence-corrected chi connectivity index (χ0v) is 18.0. The van der Waals surface area contributed by atoms with Crippen LogP contribution in [0.5, 0.6) is 5.75 Å². The Hall–Kier alpha value is -3.32. The molecular weight excluding hydrogens is 410 g/mol. The molecule has 2 N–H and O–H groups in total. The first-order chi connectivity index (χ1) is 15.1. The van der Waals surface area contributed by atoms with E-state index in [4.69, 9.17) is 10.5 Å². The highest BCUT2D eigenvalue weighted by Gasteiger charge is 2.26. The molecule has 4 rings (SSSR count). The minimum atomic E-state index is -0.441. The van der Waals surface area contributed by atoms with Gasteiger partial charge in [-0.1, -0.05) is 60.7 Å². The van der Waals surface area contributed by atoms with E-state index in [1.165, 1.54) is 11.3 Å². The standard InChI is InChI=1S/C24H25N3O3S/c25-24(29)27-13-7-12-26(14-15-27)23(28)22-20(30-17-18-8-3-1-4-9-18)16-21(31-22)19-10-5-2-6-11-19/h1-6,8-11,16H,7,12-15,17H2,(H2,25,29). The fourth-order valence-electron chi connectivity index (χ4n) is 3.60. The SMILES string of the molecule is NC(=O)N1CCCN(C(=O)c2sc(-c3ccccc3)cc2OCc2ccccc2)CC1. The Bertz CT molecular complexity index is 1040. The van der Waals surface area contributed by atoms with E-state index in [1.807, 2.05) is 66.7 Å². The van der Waals surface area contributed by atoms with Gasteiger partial charge in [-0.3, -0.25) is 4.79 Å². The number of nitrogens with zero attached hydrogens (tertiary/aromatic N) is 2. The maximum atomic E-state index is 13.4. The fraction of sp³-hybridized carbons (Fsp3) is 0.250. The number of carbonyl (C=O) groups is 2. The first kappa shape index (κ1) is 20.9. The van der Waals surface area contributed by atoms with Crippen LogP contribution in [0.3, 0.4) is 0 Å². The summed E-state index contributed by atoms with van der Waals surface area (Å²) in [6.45, 7) is 2.44. The molecule has 0 radical (unpaired) electrons. The van der Waals surface area contributed by atoms with Gasteiger partial charge in [0, 0.05) is 31.1 Å². The predicted octanol–water partition coefficient (Wildman–Crippen LogP) is 4.22. The number of hydrogen-bond donors (Lipinski definition) is 1. The lowest BCUT2D eigenvalue weighted by Crippen LogP contribution is -2.39. The molecule has 0 saturated carbocycles. The van der Waals surface area contributed by atoms with Crippen molar-refractivity contribution in [2.24, 2.45) is 5.73 Å². The molecule has 1 aliphatic heterocycles. The van der Waals surface area contributed by atoms with Crippen LogP contribution in [0.2, 0.25) is 0 Å². The van der Waals surface area contributed by atoms with E-state index in [0.29, 0.717) is 49.8 Å². The first-order valence-corrected chi connectivity index (χ1v) is 11.1. The van der Waals surface area contributed by atoms with Gasteiger partial charge in [-0.25, -0.2) is 4.79 Å². The van der Waals surface area contributed by atoms with Crippen molar-refractivity contribution >= 4 is 23.3 Å². The van der Waals surface area contributed by atoms with Crippen molar-refractivity contribution in [2.75, 3.05) is 26.2 Å². The highest BCUT2D eigenvalue weighted by atomic mass is 32.1.